The Morgan fingerprint density at radius 1 is 1.22 bits per heavy atom. The maximum absolute atomic E-state index is 13.7. The van der Waals surface area contributed by atoms with E-state index in [9.17, 15) is 13.6 Å². The monoisotopic (exact) mass is 329 g/mol. The van der Waals surface area contributed by atoms with Gasteiger partial charge < -0.3 is 9.64 Å². The van der Waals surface area contributed by atoms with Crippen molar-refractivity contribution < 1.29 is 18.3 Å². The molecule has 0 spiro atoms. The van der Waals surface area contributed by atoms with Crippen LogP contribution in [0.15, 0.2) is 5.10 Å². The van der Waals surface area contributed by atoms with E-state index < -0.39 is 12.3 Å². The Morgan fingerprint density at radius 3 is 2.48 bits per heavy atom. The minimum Gasteiger partial charge on any atom is -0.372 e. The number of alkyl halides is 2. The summed E-state index contributed by atoms with van der Waals surface area (Å²) in [7, 11) is 0. The van der Waals surface area contributed by atoms with Crippen LogP contribution >= 0.6 is 0 Å². The highest BCUT2D eigenvalue weighted by atomic mass is 19.1. The van der Waals surface area contributed by atoms with Gasteiger partial charge in [-0.1, -0.05) is 0 Å². The van der Waals surface area contributed by atoms with Crippen LogP contribution in [0.3, 0.4) is 0 Å². The van der Waals surface area contributed by atoms with E-state index in [1.54, 1.807) is 11.1 Å². The van der Waals surface area contributed by atoms with Crippen molar-refractivity contribution in [3.05, 3.63) is 0 Å². The number of urea groups is 1. The first-order chi connectivity index (χ1) is 10.9. The fourth-order valence-electron chi connectivity index (χ4n) is 3.76. The molecule has 5 nitrogen and oxygen atoms in total. The number of carbonyl (C=O) groups excluding carboxylic acids is 1. The van der Waals surface area contributed by atoms with Crippen molar-refractivity contribution in [1.82, 2.24) is 9.91 Å². The van der Waals surface area contributed by atoms with Crippen LogP contribution in [-0.2, 0) is 4.74 Å². The lowest BCUT2D eigenvalue weighted by Crippen LogP contribution is -2.59. The highest BCUT2D eigenvalue weighted by Crippen LogP contribution is 2.36. The Bertz CT molecular complexity index is 458. The minimum absolute atomic E-state index is 0.0155. The van der Waals surface area contributed by atoms with Crippen LogP contribution in [0.25, 0.3) is 0 Å². The van der Waals surface area contributed by atoms with Gasteiger partial charge in [-0.3, -0.25) is 0 Å². The molecule has 1 saturated carbocycles. The smallest absolute Gasteiger partial charge is 0.340 e. The lowest BCUT2D eigenvalue weighted by atomic mass is 9.81. The standard InChI is InChI=1S/C16H25F2N3O2/c1-10(2)23-14-8-20(9-14)16(22)21-15(3-4-19-21)11-5-12(17)7-13(18)6-11/h4,10-15H,3,5-9H2,1-2H3/t11?,12?,13?,15-/m0/s1. The number of halogens is 2. The Kier molecular flexibility index (Phi) is 4.85. The second-order valence-corrected chi connectivity index (χ2v) is 7.10. The van der Waals surface area contributed by atoms with Gasteiger partial charge in [-0.15, -0.1) is 0 Å². The van der Waals surface area contributed by atoms with Gasteiger partial charge in [0.25, 0.3) is 0 Å². The fraction of sp³-hybridized carbons (Fsp3) is 0.875. The highest BCUT2D eigenvalue weighted by Gasteiger charge is 2.43. The first kappa shape index (κ1) is 16.6. The van der Waals surface area contributed by atoms with Gasteiger partial charge in [-0.2, -0.15) is 5.10 Å². The summed E-state index contributed by atoms with van der Waals surface area (Å²) in [6.07, 6.45) is 0.856. The Hall–Kier alpha value is -1.24. The van der Waals surface area contributed by atoms with Crippen molar-refractivity contribution in [2.75, 3.05) is 13.1 Å². The Morgan fingerprint density at radius 2 is 1.87 bits per heavy atom. The summed E-state index contributed by atoms with van der Waals surface area (Å²) in [5.74, 6) is -0.163. The molecule has 0 radical (unpaired) electrons. The number of ether oxygens (including phenoxy) is 1. The van der Waals surface area contributed by atoms with E-state index in [1.165, 1.54) is 5.01 Å². The van der Waals surface area contributed by atoms with Crippen LogP contribution in [0, 0.1) is 5.92 Å². The summed E-state index contributed by atoms with van der Waals surface area (Å²) in [6, 6.07) is -0.395. The lowest BCUT2D eigenvalue weighted by molar-refractivity contribution is -0.0703. The van der Waals surface area contributed by atoms with E-state index in [2.05, 4.69) is 5.10 Å². The van der Waals surface area contributed by atoms with Crippen molar-refractivity contribution in [2.24, 2.45) is 11.0 Å². The van der Waals surface area contributed by atoms with Gasteiger partial charge in [-0.25, -0.2) is 18.6 Å². The SMILES string of the molecule is CC(C)OC1CN(C(=O)N2N=CC[C@H]2C2CC(F)CC(F)C2)C1. The first-order valence-corrected chi connectivity index (χ1v) is 8.48. The van der Waals surface area contributed by atoms with Crippen molar-refractivity contribution >= 4 is 12.2 Å². The third kappa shape index (κ3) is 3.65. The van der Waals surface area contributed by atoms with Crippen molar-refractivity contribution in [3.8, 4) is 0 Å². The summed E-state index contributed by atoms with van der Waals surface area (Å²) in [5.41, 5.74) is 0. The number of hydrazone groups is 1. The molecule has 0 aromatic heterocycles. The van der Waals surface area contributed by atoms with E-state index in [1.807, 2.05) is 13.8 Å². The van der Waals surface area contributed by atoms with Gasteiger partial charge in [0.05, 0.1) is 31.3 Å². The molecule has 0 N–H and O–H groups in total. The predicted octanol–water partition coefficient (Wildman–Crippen LogP) is 2.75. The van der Waals surface area contributed by atoms with E-state index in [0.717, 1.165) is 0 Å². The van der Waals surface area contributed by atoms with Gasteiger partial charge in [0.2, 0.25) is 0 Å². The number of hydrogen-bond donors (Lipinski definition) is 0. The van der Waals surface area contributed by atoms with Gasteiger partial charge in [0.1, 0.15) is 12.3 Å². The van der Waals surface area contributed by atoms with E-state index in [0.29, 0.717) is 32.4 Å². The number of nitrogens with zero attached hydrogens (tertiary/aromatic N) is 3. The molecule has 0 aromatic carbocycles. The molecule has 2 fully saturated rings. The number of likely N-dealkylation sites (tertiary alicyclic amines) is 1. The predicted molar refractivity (Wildman–Crippen MR) is 82.8 cm³/mol. The molecule has 7 heteroatoms. The summed E-state index contributed by atoms with van der Waals surface area (Å²) in [4.78, 5) is 14.3. The molecular weight excluding hydrogens is 304 g/mol. The Balaban J connectivity index is 1.56. The molecule has 0 aromatic rings. The molecule has 1 saturated heterocycles. The largest absolute Gasteiger partial charge is 0.372 e. The van der Waals surface area contributed by atoms with Crippen molar-refractivity contribution in [1.29, 1.82) is 0 Å². The molecule has 130 valence electrons. The van der Waals surface area contributed by atoms with Gasteiger partial charge in [0, 0.05) is 19.1 Å². The molecule has 3 aliphatic rings. The van der Waals surface area contributed by atoms with Crippen LogP contribution in [0.2, 0.25) is 0 Å². The van der Waals surface area contributed by atoms with Crippen LogP contribution in [0.1, 0.15) is 39.5 Å². The number of amides is 2. The zero-order chi connectivity index (χ0) is 16.6. The van der Waals surface area contributed by atoms with Crippen LogP contribution in [0.4, 0.5) is 13.6 Å². The molecule has 3 atom stereocenters. The van der Waals surface area contributed by atoms with Crippen molar-refractivity contribution in [2.45, 2.75) is 70.1 Å². The molecule has 2 unspecified atom stereocenters. The topological polar surface area (TPSA) is 45.1 Å². The van der Waals surface area contributed by atoms with Crippen LogP contribution in [0.5, 0.6) is 0 Å². The number of carbonyl (C=O) groups is 1. The average molecular weight is 329 g/mol. The maximum atomic E-state index is 13.7. The molecule has 23 heavy (non-hydrogen) atoms. The quantitative estimate of drug-likeness (QED) is 0.799. The third-order valence-corrected chi connectivity index (χ3v) is 4.82. The second-order valence-electron chi connectivity index (χ2n) is 7.10. The van der Waals surface area contributed by atoms with Crippen LogP contribution in [-0.4, -0.2) is 65.8 Å². The zero-order valence-corrected chi connectivity index (χ0v) is 13.7. The summed E-state index contributed by atoms with van der Waals surface area (Å²) in [5, 5.41) is 5.59. The molecule has 2 heterocycles. The van der Waals surface area contributed by atoms with E-state index >= 15 is 0 Å². The number of rotatable bonds is 3. The third-order valence-electron chi connectivity index (χ3n) is 4.82. The molecule has 3 rings (SSSR count). The molecule has 0 bridgehead atoms. The van der Waals surface area contributed by atoms with E-state index in [-0.39, 0.29) is 36.6 Å². The van der Waals surface area contributed by atoms with Gasteiger partial charge >= 0.3 is 6.03 Å². The Labute approximate surface area is 135 Å². The molecule has 1 aliphatic carbocycles. The van der Waals surface area contributed by atoms with Gasteiger partial charge in [0.15, 0.2) is 0 Å². The normalized spacial score (nSPS) is 35.0. The summed E-state index contributed by atoms with van der Waals surface area (Å²) in [6.45, 7) is 5.04. The van der Waals surface area contributed by atoms with Crippen LogP contribution < -0.4 is 0 Å². The molecule has 2 amide bonds. The number of hydrogen-bond acceptors (Lipinski definition) is 3. The summed E-state index contributed by atoms with van der Waals surface area (Å²) >= 11 is 0. The van der Waals surface area contributed by atoms with Gasteiger partial charge in [-0.05, 0) is 32.6 Å². The second kappa shape index (κ2) is 6.71. The van der Waals surface area contributed by atoms with E-state index in [4.69, 9.17) is 4.74 Å². The molecule has 2 aliphatic heterocycles. The minimum atomic E-state index is -1.12. The molecular formula is C16H25F2N3O2. The highest BCUT2D eigenvalue weighted by molar-refractivity contribution is 5.79. The average Bonchev–Trinajstić information content (AvgIpc) is 2.89. The lowest BCUT2D eigenvalue weighted by Gasteiger charge is -2.43. The fourth-order valence-corrected chi connectivity index (χ4v) is 3.76. The zero-order valence-electron chi connectivity index (χ0n) is 13.7. The maximum Gasteiger partial charge on any atom is 0.340 e. The first-order valence-electron chi connectivity index (χ1n) is 8.48. The summed E-state index contributed by atoms with van der Waals surface area (Å²) < 4.78 is 33.0. The van der Waals surface area contributed by atoms with Crippen molar-refractivity contribution in [3.63, 3.8) is 0 Å².